The van der Waals surface area contributed by atoms with E-state index in [0.29, 0.717) is 5.56 Å². The Kier molecular flexibility index (Phi) is 12.2. The number of hydrogen-bond acceptors (Lipinski definition) is 9. The Morgan fingerprint density at radius 3 is 2.21 bits per heavy atom. The van der Waals surface area contributed by atoms with Crippen molar-refractivity contribution in [2.75, 3.05) is 19.6 Å². The smallest absolute Gasteiger partial charge is 0.428 e. The lowest BCUT2D eigenvalue weighted by Gasteiger charge is -2.34. The number of imide groups is 1. The van der Waals surface area contributed by atoms with Gasteiger partial charge in [-0.25, -0.2) is 18.3 Å². The van der Waals surface area contributed by atoms with Crippen molar-refractivity contribution in [2.24, 2.45) is 11.1 Å². The molecule has 5 N–H and O–H groups in total. The number of halogens is 5. The molecule has 0 fully saturated rings. The number of carbonyl (C=O) groups is 5. The maximum absolute atomic E-state index is 14.8. The molecule has 0 bridgehead atoms. The van der Waals surface area contributed by atoms with Crippen LogP contribution in [0.25, 0.3) is 5.69 Å². The van der Waals surface area contributed by atoms with E-state index in [4.69, 9.17) is 5.73 Å². The van der Waals surface area contributed by atoms with Crippen LogP contribution >= 0.6 is 0 Å². The predicted molar refractivity (Wildman–Crippen MR) is 176 cm³/mol. The van der Waals surface area contributed by atoms with Crippen molar-refractivity contribution in [1.29, 1.82) is 0 Å². The minimum absolute atomic E-state index is 0.157. The number of nitrogens with one attached hydrogen (secondary N) is 2. The van der Waals surface area contributed by atoms with Gasteiger partial charge in [0.25, 0.3) is 17.7 Å². The van der Waals surface area contributed by atoms with Crippen molar-refractivity contribution in [2.45, 2.75) is 57.5 Å². The van der Waals surface area contributed by atoms with Crippen LogP contribution in [0.4, 0.5) is 22.0 Å². The molecule has 13 nitrogen and oxygen atoms in total. The first-order valence-electron chi connectivity index (χ1n) is 16.2. The van der Waals surface area contributed by atoms with Gasteiger partial charge in [0.05, 0.1) is 5.69 Å². The summed E-state index contributed by atoms with van der Waals surface area (Å²) >= 11 is 0. The second-order valence-corrected chi connectivity index (χ2v) is 13.3. The summed E-state index contributed by atoms with van der Waals surface area (Å²) in [5, 5.41) is 20.4. The summed E-state index contributed by atoms with van der Waals surface area (Å²) < 4.78 is 73.8. The molecule has 53 heavy (non-hydrogen) atoms. The monoisotopic (exact) mass is 748 g/mol. The summed E-state index contributed by atoms with van der Waals surface area (Å²) in [4.78, 5) is 62.4. The van der Waals surface area contributed by atoms with Crippen molar-refractivity contribution < 1.29 is 55.8 Å². The van der Waals surface area contributed by atoms with Gasteiger partial charge in [0.1, 0.15) is 23.4 Å². The molecule has 0 saturated carbocycles. The Balaban J connectivity index is 1.56. The molecule has 0 radical (unpaired) electrons. The number of esters is 1. The zero-order valence-electron chi connectivity index (χ0n) is 28.7. The molecule has 4 rings (SSSR count). The zero-order chi connectivity index (χ0) is 39.3. The van der Waals surface area contributed by atoms with Gasteiger partial charge in [-0.2, -0.15) is 18.3 Å². The van der Waals surface area contributed by atoms with Gasteiger partial charge in [0, 0.05) is 62.8 Å². The van der Waals surface area contributed by atoms with E-state index in [2.05, 4.69) is 20.5 Å². The largest absolute Gasteiger partial charge is 0.491 e. The Labute approximate surface area is 299 Å². The molecule has 4 amide bonds. The van der Waals surface area contributed by atoms with Crippen LogP contribution in [0.5, 0.6) is 0 Å². The highest BCUT2D eigenvalue weighted by Gasteiger charge is 2.48. The molecular formula is C35H37F5N6O7. The number of aliphatic hydroxyl groups is 1. The van der Waals surface area contributed by atoms with Crippen molar-refractivity contribution in [3.63, 3.8) is 0 Å². The number of amides is 4. The molecule has 18 heteroatoms. The number of aromatic nitrogens is 2. The Morgan fingerprint density at radius 1 is 0.962 bits per heavy atom. The van der Waals surface area contributed by atoms with Crippen molar-refractivity contribution in [3.8, 4) is 5.69 Å². The molecule has 3 atom stereocenters. The molecule has 1 aliphatic rings. The number of hydrogen-bond donors (Lipinski definition) is 4. The van der Waals surface area contributed by atoms with Crippen LogP contribution in [0.3, 0.4) is 0 Å². The number of nitrogens with zero attached hydrogens (tertiary/aromatic N) is 3. The zero-order valence-corrected chi connectivity index (χ0v) is 28.7. The van der Waals surface area contributed by atoms with Gasteiger partial charge >= 0.3 is 12.1 Å². The molecule has 0 unspecified atom stereocenters. The first-order chi connectivity index (χ1) is 24.7. The highest BCUT2D eigenvalue weighted by atomic mass is 19.4. The van der Waals surface area contributed by atoms with Gasteiger partial charge in [0.2, 0.25) is 11.6 Å². The minimum atomic E-state index is -5.56. The van der Waals surface area contributed by atoms with Gasteiger partial charge in [-0.3, -0.25) is 29.8 Å². The SMILES string of the molecule is CC(C)(C)[C@H](c1nn(-c2cc(F)ccc2F)cc1Cc1ccccc1)[C@H](O)C(=O)NCC[C@](N)(OC(=O)C(F)(F)F)C(=O)NCCN1C(=O)C=CC1=O. The Hall–Kier alpha value is -5.49. The summed E-state index contributed by atoms with van der Waals surface area (Å²) in [6.07, 6.45) is -4.78. The lowest BCUT2D eigenvalue weighted by Crippen LogP contribution is -2.60. The maximum Gasteiger partial charge on any atom is 0.491 e. The molecule has 3 aromatic rings. The van der Waals surface area contributed by atoms with Crippen molar-refractivity contribution >= 4 is 29.6 Å². The predicted octanol–water partition coefficient (Wildman–Crippen LogP) is 2.54. The van der Waals surface area contributed by atoms with E-state index < -0.39 is 90.1 Å². The van der Waals surface area contributed by atoms with Crippen molar-refractivity contribution in [1.82, 2.24) is 25.3 Å². The third-order valence-electron chi connectivity index (χ3n) is 8.23. The van der Waals surface area contributed by atoms with Gasteiger partial charge in [-0.05, 0) is 28.7 Å². The van der Waals surface area contributed by atoms with E-state index >= 15 is 0 Å². The summed E-state index contributed by atoms with van der Waals surface area (Å²) in [5.74, 6) is -9.38. The fraction of sp³-hybridized carbons (Fsp3) is 0.371. The molecule has 2 aromatic carbocycles. The van der Waals surface area contributed by atoms with Crippen LogP contribution in [0.2, 0.25) is 0 Å². The van der Waals surface area contributed by atoms with Crippen LogP contribution in [0.15, 0.2) is 66.9 Å². The number of aliphatic hydroxyl groups excluding tert-OH is 1. The Morgan fingerprint density at radius 2 is 1.60 bits per heavy atom. The highest BCUT2D eigenvalue weighted by Crippen LogP contribution is 2.40. The summed E-state index contributed by atoms with van der Waals surface area (Å²) in [7, 11) is 0. The standard InChI is InChI=1S/C35H37F5N6O7/c1-33(2,3)27(28-21(17-20-7-5-4-6-8-20)19-46(44-28)24-18-22(36)9-10-23(24)37)29(49)30(50)42-14-13-34(41,53-32(52)35(38,39)40)31(51)43-15-16-45-25(47)11-12-26(45)48/h4-12,18-19,27,29,49H,13-17,41H2,1-3H3,(H,42,50)(H,43,51)/t27-,29+,34+/m1/s1. The fourth-order valence-electron chi connectivity index (χ4n) is 5.60. The van der Waals surface area contributed by atoms with E-state index in [1.54, 1.807) is 39.0 Å². The number of nitrogens with two attached hydrogens (primary N) is 1. The van der Waals surface area contributed by atoms with Gasteiger partial charge in [0.15, 0.2) is 0 Å². The van der Waals surface area contributed by atoms with E-state index in [1.165, 1.54) is 6.20 Å². The molecule has 284 valence electrons. The second-order valence-electron chi connectivity index (χ2n) is 13.3. The van der Waals surface area contributed by atoms with Crippen LogP contribution in [-0.2, 0) is 35.1 Å². The third kappa shape index (κ3) is 9.89. The number of benzene rings is 2. The van der Waals surface area contributed by atoms with Crippen molar-refractivity contribution in [3.05, 3.63) is 95.3 Å². The van der Waals surface area contributed by atoms with Crippen LogP contribution in [0.1, 0.15) is 49.9 Å². The molecular weight excluding hydrogens is 711 g/mol. The van der Waals surface area contributed by atoms with Gasteiger partial charge in [-0.15, -0.1) is 0 Å². The van der Waals surface area contributed by atoms with Gasteiger partial charge in [-0.1, -0.05) is 51.1 Å². The van der Waals surface area contributed by atoms with E-state index in [0.717, 1.165) is 45.5 Å². The molecule has 0 aliphatic carbocycles. The average Bonchev–Trinajstić information content (AvgIpc) is 3.62. The van der Waals surface area contributed by atoms with E-state index in [1.807, 2.05) is 12.1 Å². The van der Waals surface area contributed by atoms with Crippen LogP contribution in [-0.4, -0.2) is 87.0 Å². The molecule has 1 aromatic heterocycles. The summed E-state index contributed by atoms with van der Waals surface area (Å²) in [5.41, 5.74) is 3.07. The second kappa shape index (κ2) is 16.0. The lowest BCUT2D eigenvalue weighted by molar-refractivity contribution is -0.214. The fourth-order valence-corrected chi connectivity index (χ4v) is 5.60. The molecule has 0 spiro atoms. The first-order valence-corrected chi connectivity index (χ1v) is 16.2. The molecule has 2 heterocycles. The number of ether oxygens (including phenoxy) is 1. The lowest BCUT2D eigenvalue weighted by atomic mass is 9.73. The van der Waals surface area contributed by atoms with E-state index in [-0.39, 0.29) is 24.3 Å². The quantitative estimate of drug-likeness (QED) is 0.0833. The number of carbonyl (C=O) groups excluding carboxylic acids is 5. The minimum Gasteiger partial charge on any atom is -0.428 e. The molecule has 0 saturated heterocycles. The topological polar surface area (TPSA) is 186 Å². The normalized spacial score (nSPS) is 15.5. The maximum atomic E-state index is 14.8. The summed E-state index contributed by atoms with van der Waals surface area (Å²) in [6, 6.07) is 11.8. The first kappa shape index (κ1) is 40.3. The number of alkyl halides is 3. The Bertz CT molecular complexity index is 1880. The van der Waals surface area contributed by atoms with Gasteiger partial charge < -0.3 is 20.5 Å². The average molecular weight is 749 g/mol. The molecule has 1 aliphatic heterocycles. The third-order valence-corrected chi connectivity index (χ3v) is 8.23. The number of rotatable bonds is 14. The van der Waals surface area contributed by atoms with Crippen LogP contribution < -0.4 is 16.4 Å². The summed E-state index contributed by atoms with van der Waals surface area (Å²) in [6.45, 7) is 3.50. The van der Waals surface area contributed by atoms with Crippen LogP contribution in [0, 0.1) is 17.0 Å². The van der Waals surface area contributed by atoms with E-state index in [9.17, 15) is 51.0 Å². The highest BCUT2D eigenvalue weighted by molar-refractivity contribution is 6.12.